The number of furan rings is 1. The molecular weight excluding hydrogens is 380 g/mol. The van der Waals surface area contributed by atoms with Crippen LogP contribution in [0.4, 0.5) is 10.3 Å². The molecule has 1 saturated heterocycles. The average molecular weight is 396 g/mol. The molecule has 1 amide bonds. The number of hydrogen-bond acceptors (Lipinski definition) is 7. The van der Waals surface area contributed by atoms with Crippen molar-refractivity contribution in [2.45, 2.75) is 6.92 Å². The number of benzene rings is 1. The SMILES string of the molecule is Cc1ccc2nc(N3CC(C(=O)Nc4nc(-c5ccco5)cs4)C3)sc2c1. The normalized spacial score (nSPS) is 14.5. The first-order valence-corrected chi connectivity index (χ1v) is 10.3. The summed E-state index contributed by atoms with van der Waals surface area (Å²) in [5.41, 5.74) is 2.98. The van der Waals surface area contributed by atoms with Gasteiger partial charge >= 0.3 is 0 Å². The number of anilines is 2. The number of aryl methyl sites for hydroxylation is 1. The van der Waals surface area contributed by atoms with Crippen LogP contribution in [-0.2, 0) is 4.79 Å². The van der Waals surface area contributed by atoms with Gasteiger partial charge in [-0.3, -0.25) is 4.79 Å². The number of rotatable bonds is 4. The van der Waals surface area contributed by atoms with Crippen LogP contribution in [0.25, 0.3) is 21.7 Å². The smallest absolute Gasteiger partial charge is 0.232 e. The third kappa shape index (κ3) is 3.11. The van der Waals surface area contributed by atoms with Crippen molar-refractivity contribution in [1.82, 2.24) is 9.97 Å². The van der Waals surface area contributed by atoms with Crippen molar-refractivity contribution >= 4 is 49.1 Å². The van der Waals surface area contributed by atoms with Gasteiger partial charge in [0.1, 0.15) is 5.69 Å². The fourth-order valence-electron chi connectivity index (χ4n) is 3.03. The third-order valence-corrected chi connectivity index (χ3v) is 6.40. The van der Waals surface area contributed by atoms with Crippen LogP contribution in [0.15, 0.2) is 46.4 Å². The Morgan fingerprint density at radius 2 is 2.19 bits per heavy atom. The summed E-state index contributed by atoms with van der Waals surface area (Å²) in [6.45, 7) is 3.45. The second kappa shape index (κ2) is 6.47. The van der Waals surface area contributed by atoms with Gasteiger partial charge in [-0.2, -0.15) is 0 Å². The third-order valence-electron chi connectivity index (χ3n) is 4.56. The summed E-state index contributed by atoms with van der Waals surface area (Å²) in [7, 11) is 0. The van der Waals surface area contributed by atoms with Crippen LogP contribution in [0.2, 0.25) is 0 Å². The van der Waals surface area contributed by atoms with Crippen molar-refractivity contribution in [2.75, 3.05) is 23.3 Å². The summed E-state index contributed by atoms with van der Waals surface area (Å²) in [4.78, 5) is 23.7. The molecule has 5 rings (SSSR count). The zero-order valence-corrected chi connectivity index (χ0v) is 16.1. The number of nitrogens with one attached hydrogen (secondary N) is 1. The highest BCUT2D eigenvalue weighted by Crippen LogP contribution is 2.34. The summed E-state index contributed by atoms with van der Waals surface area (Å²) in [6.07, 6.45) is 1.61. The van der Waals surface area contributed by atoms with Crippen LogP contribution in [0, 0.1) is 12.8 Å². The highest BCUT2D eigenvalue weighted by Gasteiger charge is 2.34. The molecule has 136 valence electrons. The number of thiazole rings is 2. The van der Waals surface area contributed by atoms with Gasteiger partial charge in [0, 0.05) is 18.5 Å². The Balaban J connectivity index is 1.22. The van der Waals surface area contributed by atoms with Crippen LogP contribution < -0.4 is 10.2 Å². The van der Waals surface area contributed by atoms with E-state index in [0.29, 0.717) is 24.0 Å². The number of carbonyl (C=O) groups excluding carboxylic acids is 1. The van der Waals surface area contributed by atoms with Gasteiger partial charge in [-0.05, 0) is 36.8 Å². The lowest BCUT2D eigenvalue weighted by atomic mass is 10.0. The molecule has 6 nitrogen and oxygen atoms in total. The average Bonchev–Trinajstić information content (AvgIpc) is 3.32. The molecule has 8 heteroatoms. The molecule has 0 unspecified atom stereocenters. The molecule has 4 aromatic rings. The molecule has 0 radical (unpaired) electrons. The molecule has 0 spiro atoms. The monoisotopic (exact) mass is 396 g/mol. The minimum Gasteiger partial charge on any atom is -0.463 e. The number of nitrogens with zero attached hydrogens (tertiary/aromatic N) is 3. The summed E-state index contributed by atoms with van der Waals surface area (Å²) in [5, 5.41) is 6.37. The fraction of sp³-hybridized carbons (Fsp3) is 0.211. The quantitative estimate of drug-likeness (QED) is 0.554. The molecule has 1 aliphatic heterocycles. The van der Waals surface area contributed by atoms with Gasteiger partial charge in [-0.15, -0.1) is 11.3 Å². The molecule has 3 aromatic heterocycles. The van der Waals surface area contributed by atoms with Crippen LogP contribution in [0.3, 0.4) is 0 Å². The van der Waals surface area contributed by atoms with Crippen molar-refractivity contribution in [3.63, 3.8) is 0 Å². The second-order valence-corrected chi connectivity index (χ2v) is 8.44. The Morgan fingerprint density at radius 1 is 1.30 bits per heavy atom. The Labute approximate surface area is 163 Å². The van der Waals surface area contributed by atoms with E-state index in [0.717, 1.165) is 16.3 Å². The van der Waals surface area contributed by atoms with Crippen molar-refractivity contribution in [3.8, 4) is 11.5 Å². The van der Waals surface area contributed by atoms with E-state index in [9.17, 15) is 4.79 Å². The molecule has 0 saturated carbocycles. The van der Waals surface area contributed by atoms with E-state index in [1.807, 2.05) is 23.6 Å². The first-order chi connectivity index (χ1) is 13.2. The predicted octanol–water partition coefficient (Wildman–Crippen LogP) is 4.40. The molecule has 1 N–H and O–H groups in total. The van der Waals surface area contributed by atoms with Crippen molar-refractivity contribution in [2.24, 2.45) is 5.92 Å². The topological polar surface area (TPSA) is 71.3 Å². The van der Waals surface area contributed by atoms with E-state index in [1.165, 1.54) is 21.6 Å². The number of aromatic nitrogens is 2. The zero-order chi connectivity index (χ0) is 18.4. The van der Waals surface area contributed by atoms with Crippen LogP contribution in [0.5, 0.6) is 0 Å². The standard InChI is InChI=1S/C19H16N4O2S2/c1-11-4-5-13-16(7-11)27-19(21-13)23-8-12(9-23)17(24)22-18-20-14(10-26-18)15-3-2-6-25-15/h2-7,10,12H,8-9H2,1H3,(H,20,22,24). The Morgan fingerprint density at radius 3 is 3.00 bits per heavy atom. The molecule has 1 aliphatic rings. The first kappa shape index (κ1) is 16.5. The van der Waals surface area contributed by atoms with Crippen LogP contribution >= 0.6 is 22.7 Å². The Bertz CT molecular complexity index is 1110. The van der Waals surface area contributed by atoms with Gasteiger partial charge in [-0.1, -0.05) is 17.4 Å². The molecule has 0 atom stereocenters. The van der Waals surface area contributed by atoms with Gasteiger partial charge in [0.25, 0.3) is 0 Å². The van der Waals surface area contributed by atoms with E-state index >= 15 is 0 Å². The maximum atomic E-state index is 12.5. The van der Waals surface area contributed by atoms with Gasteiger partial charge in [0.15, 0.2) is 16.0 Å². The molecule has 0 bridgehead atoms. The zero-order valence-electron chi connectivity index (χ0n) is 14.5. The Hall–Kier alpha value is -2.71. The minimum atomic E-state index is -0.0466. The molecule has 1 aromatic carbocycles. The summed E-state index contributed by atoms with van der Waals surface area (Å²) < 4.78 is 6.52. The number of amides is 1. The van der Waals surface area contributed by atoms with Crippen molar-refractivity contribution in [1.29, 1.82) is 0 Å². The van der Waals surface area contributed by atoms with E-state index < -0.39 is 0 Å². The van der Waals surface area contributed by atoms with Gasteiger partial charge in [-0.25, -0.2) is 9.97 Å². The van der Waals surface area contributed by atoms with Crippen molar-refractivity contribution < 1.29 is 9.21 Å². The van der Waals surface area contributed by atoms with Gasteiger partial charge in [0.2, 0.25) is 5.91 Å². The van der Waals surface area contributed by atoms with E-state index in [4.69, 9.17) is 4.42 Å². The summed E-state index contributed by atoms with van der Waals surface area (Å²) in [6, 6.07) is 9.94. The largest absolute Gasteiger partial charge is 0.463 e. The minimum absolute atomic E-state index is 0.00329. The number of carbonyl (C=O) groups is 1. The fourth-order valence-corrected chi connectivity index (χ4v) is 4.82. The molecule has 0 aliphatic carbocycles. The summed E-state index contributed by atoms with van der Waals surface area (Å²) >= 11 is 3.08. The van der Waals surface area contributed by atoms with E-state index in [-0.39, 0.29) is 11.8 Å². The number of hydrogen-bond donors (Lipinski definition) is 1. The van der Waals surface area contributed by atoms with E-state index in [1.54, 1.807) is 17.6 Å². The highest BCUT2D eigenvalue weighted by molar-refractivity contribution is 7.22. The lowest BCUT2D eigenvalue weighted by Crippen LogP contribution is -2.52. The lowest BCUT2D eigenvalue weighted by Gasteiger charge is -2.37. The van der Waals surface area contributed by atoms with Crippen LogP contribution in [0.1, 0.15) is 5.56 Å². The highest BCUT2D eigenvalue weighted by atomic mass is 32.1. The second-order valence-electron chi connectivity index (χ2n) is 6.57. The molecule has 4 heterocycles. The van der Waals surface area contributed by atoms with Gasteiger partial charge < -0.3 is 14.6 Å². The molecule has 1 fully saturated rings. The Kier molecular flexibility index (Phi) is 3.95. The van der Waals surface area contributed by atoms with Crippen molar-refractivity contribution in [3.05, 3.63) is 47.5 Å². The summed E-state index contributed by atoms with van der Waals surface area (Å²) in [5.74, 6) is 0.658. The van der Waals surface area contributed by atoms with Crippen LogP contribution in [-0.4, -0.2) is 29.0 Å². The van der Waals surface area contributed by atoms with E-state index in [2.05, 4.69) is 39.2 Å². The first-order valence-electron chi connectivity index (χ1n) is 8.58. The predicted molar refractivity (Wildman–Crippen MR) is 109 cm³/mol. The van der Waals surface area contributed by atoms with Gasteiger partial charge in [0.05, 0.1) is 22.4 Å². The maximum absolute atomic E-state index is 12.5. The maximum Gasteiger partial charge on any atom is 0.232 e. The molecular formula is C19H16N4O2S2. The lowest BCUT2D eigenvalue weighted by molar-refractivity contribution is -0.120. The number of fused-ring (bicyclic) bond motifs is 1. The molecule has 27 heavy (non-hydrogen) atoms.